The van der Waals surface area contributed by atoms with Crippen LogP contribution in [0.5, 0.6) is 0 Å². The lowest BCUT2D eigenvalue weighted by Crippen LogP contribution is -2.47. The summed E-state index contributed by atoms with van der Waals surface area (Å²) in [7, 11) is 0. The quantitative estimate of drug-likeness (QED) is 0.865. The van der Waals surface area contributed by atoms with Crippen molar-refractivity contribution in [2.24, 2.45) is 0 Å². The summed E-state index contributed by atoms with van der Waals surface area (Å²) in [6.45, 7) is 12.8. The Morgan fingerprint density at radius 2 is 1.91 bits per heavy atom. The Morgan fingerprint density at radius 3 is 2.48 bits per heavy atom. The standard InChI is InChI=1S/C17H25N5S/c1-13(14-6-5-7-18-12-14)21-8-10-22(11-9-21)16-19-15(20-23-16)17(2,3)4/h5-7,12-13H,8-11H2,1-4H3. The van der Waals surface area contributed by atoms with Gasteiger partial charge in [-0.2, -0.15) is 4.37 Å². The maximum atomic E-state index is 4.74. The van der Waals surface area contributed by atoms with Crippen LogP contribution in [0.15, 0.2) is 24.5 Å². The molecule has 1 saturated heterocycles. The highest BCUT2D eigenvalue weighted by molar-refractivity contribution is 7.09. The zero-order valence-electron chi connectivity index (χ0n) is 14.4. The SMILES string of the molecule is CC(c1cccnc1)N1CCN(c2nc(C(C)(C)C)ns2)CC1. The molecule has 1 atom stereocenters. The molecule has 0 aliphatic carbocycles. The Bertz CT molecular complexity index is 626. The smallest absolute Gasteiger partial charge is 0.205 e. The Balaban J connectivity index is 1.61. The second kappa shape index (κ2) is 6.53. The molecule has 2 aromatic heterocycles. The molecule has 1 unspecified atom stereocenters. The van der Waals surface area contributed by atoms with Crippen LogP contribution in [-0.2, 0) is 5.41 Å². The fourth-order valence-corrected chi connectivity index (χ4v) is 3.69. The average Bonchev–Trinajstić information content (AvgIpc) is 3.05. The molecule has 5 nitrogen and oxygen atoms in total. The average molecular weight is 331 g/mol. The number of hydrogen-bond acceptors (Lipinski definition) is 6. The van der Waals surface area contributed by atoms with Gasteiger partial charge in [0.1, 0.15) is 5.82 Å². The van der Waals surface area contributed by atoms with Gasteiger partial charge in [-0.3, -0.25) is 9.88 Å². The Labute approximate surface area is 142 Å². The van der Waals surface area contributed by atoms with Crippen LogP contribution >= 0.6 is 11.5 Å². The van der Waals surface area contributed by atoms with Crippen LogP contribution in [0, 0.1) is 0 Å². The van der Waals surface area contributed by atoms with E-state index in [-0.39, 0.29) is 5.41 Å². The summed E-state index contributed by atoms with van der Waals surface area (Å²) >= 11 is 1.53. The van der Waals surface area contributed by atoms with Crippen LogP contribution in [0.2, 0.25) is 0 Å². The molecule has 0 spiro atoms. The summed E-state index contributed by atoms with van der Waals surface area (Å²) in [5, 5.41) is 1.06. The zero-order chi connectivity index (χ0) is 16.4. The Hall–Kier alpha value is -1.53. The Kier molecular flexibility index (Phi) is 4.64. The van der Waals surface area contributed by atoms with Crippen LogP contribution in [0.4, 0.5) is 5.13 Å². The van der Waals surface area contributed by atoms with Gasteiger partial charge in [-0.15, -0.1) is 0 Å². The maximum absolute atomic E-state index is 4.74. The van der Waals surface area contributed by atoms with Crippen LogP contribution in [0.1, 0.15) is 45.1 Å². The second-order valence-corrected chi connectivity index (χ2v) is 7.87. The molecule has 124 valence electrons. The van der Waals surface area contributed by atoms with Gasteiger partial charge in [0.05, 0.1) is 0 Å². The van der Waals surface area contributed by atoms with Gasteiger partial charge >= 0.3 is 0 Å². The first-order valence-corrected chi connectivity index (χ1v) is 8.95. The second-order valence-electron chi connectivity index (χ2n) is 7.14. The van der Waals surface area contributed by atoms with Crippen molar-refractivity contribution >= 4 is 16.7 Å². The fourth-order valence-electron chi connectivity index (χ4n) is 2.78. The minimum Gasteiger partial charge on any atom is -0.344 e. The third-order valence-electron chi connectivity index (χ3n) is 4.39. The van der Waals surface area contributed by atoms with Crippen molar-refractivity contribution in [3.63, 3.8) is 0 Å². The Morgan fingerprint density at radius 1 is 1.17 bits per heavy atom. The lowest BCUT2D eigenvalue weighted by molar-refractivity contribution is 0.198. The van der Waals surface area contributed by atoms with E-state index in [1.807, 2.05) is 18.5 Å². The maximum Gasteiger partial charge on any atom is 0.205 e. The summed E-state index contributed by atoms with van der Waals surface area (Å²) in [4.78, 5) is 13.8. The molecule has 0 radical (unpaired) electrons. The van der Waals surface area contributed by atoms with Crippen molar-refractivity contribution < 1.29 is 0 Å². The van der Waals surface area contributed by atoms with E-state index in [1.165, 1.54) is 17.1 Å². The number of hydrogen-bond donors (Lipinski definition) is 0. The summed E-state index contributed by atoms with van der Waals surface area (Å²) in [6, 6.07) is 4.58. The van der Waals surface area contributed by atoms with Gasteiger partial charge in [0.25, 0.3) is 0 Å². The highest BCUT2D eigenvalue weighted by Gasteiger charge is 2.26. The minimum atomic E-state index is 0.0192. The van der Waals surface area contributed by atoms with E-state index >= 15 is 0 Å². The van der Waals surface area contributed by atoms with Gasteiger partial charge in [0.15, 0.2) is 0 Å². The van der Waals surface area contributed by atoms with E-state index in [0.717, 1.165) is 37.1 Å². The van der Waals surface area contributed by atoms with Crippen LogP contribution in [0.25, 0.3) is 0 Å². The summed E-state index contributed by atoms with van der Waals surface area (Å²) in [5.74, 6) is 0.948. The number of anilines is 1. The summed E-state index contributed by atoms with van der Waals surface area (Å²) in [5.41, 5.74) is 1.30. The third kappa shape index (κ3) is 3.70. The van der Waals surface area contributed by atoms with E-state index in [0.29, 0.717) is 6.04 Å². The number of piperazine rings is 1. The summed E-state index contributed by atoms with van der Waals surface area (Å²) in [6.07, 6.45) is 3.80. The van der Waals surface area contributed by atoms with Gasteiger partial charge < -0.3 is 4.90 Å². The largest absolute Gasteiger partial charge is 0.344 e. The van der Waals surface area contributed by atoms with Gasteiger partial charge in [-0.25, -0.2) is 4.98 Å². The van der Waals surface area contributed by atoms with Gasteiger partial charge in [-0.05, 0) is 18.6 Å². The minimum absolute atomic E-state index is 0.0192. The van der Waals surface area contributed by atoms with E-state index in [1.54, 1.807) is 0 Å². The normalized spacial score (nSPS) is 18.2. The monoisotopic (exact) mass is 331 g/mol. The topological polar surface area (TPSA) is 45.2 Å². The lowest BCUT2D eigenvalue weighted by Gasteiger charge is -2.37. The predicted octanol–water partition coefficient (Wildman–Crippen LogP) is 3.11. The molecule has 6 heteroatoms. The van der Waals surface area contributed by atoms with E-state index in [9.17, 15) is 0 Å². The van der Waals surface area contributed by atoms with Crippen LogP contribution in [0.3, 0.4) is 0 Å². The van der Waals surface area contributed by atoms with Crippen molar-refractivity contribution in [3.05, 3.63) is 35.9 Å². The first-order valence-electron chi connectivity index (χ1n) is 8.18. The predicted molar refractivity (Wildman–Crippen MR) is 95.0 cm³/mol. The van der Waals surface area contributed by atoms with Crippen LogP contribution in [-0.4, -0.2) is 45.4 Å². The van der Waals surface area contributed by atoms with Crippen molar-refractivity contribution in [2.75, 3.05) is 31.1 Å². The molecule has 0 bridgehead atoms. The van der Waals surface area contributed by atoms with Crippen molar-refractivity contribution in [3.8, 4) is 0 Å². The van der Waals surface area contributed by atoms with E-state index in [4.69, 9.17) is 4.98 Å². The first-order chi connectivity index (χ1) is 10.9. The van der Waals surface area contributed by atoms with Gasteiger partial charge in [0, 0.05) is 61.6 Å². The molecule has 0 saturated carbocycles. The molecule has 0 N–H and O–H groups in total. The highest BCUT2D eigenvalue weighted by Crippen LogP contribution is 2.27. The molecule has 3 heterocycles. The molecule has 0 aromatic carbocycles. The molecule has 1 aliphatic heterocycles. The molecule has 1 fully saturated rings. The molecule has 0 amide bonds. The lowest BCUT2D eigenvalue weighted by atomic mass is 9.96. The van der Waals surface area contributed by atoms with E-state index in [2.05, 4.69) is 52.9 Å². The van der Waals surface area contributed by atoms with E-state index < -0.39 is 0 Å². The van der Waals surface area contributed by atoms with Crippen molar-refractivity contribution in [1.29, 1.82) is 0 Å². The van der Waals surface area contributed by atoms with Crippen LogP contribution < -0.4 is 4.90 Å². The zero-order valence-corrected chi connectivity index (χ0v) is 15.2. The fraction of sp³-hybridized carbons (Fsp3) is 0.588. The molecular weight excluding hydrogens is 306 g/mol. The van der Waals surface area contributed by atoms with Gasteiger partial charge in [-0.1, -0.05) is 26.8 Å². The molecule has 3 rings (SSSR count). The summed E-state index contributed by atoms with van der Waals surface area (Å²) < 4.78 is 4.53. The number of nitrogens with zero attached hydrogens (tertiary/aromatic N) is 5. The third-order valence-corrected chi connectivity index (χ3v) is 5.16. The molecule has 23 heavy (non-hydrogen) atoms. The van der Waals surface area contributed by atoms with Crippen molar-refractivity contribution in [2.45, 2.75) is 39.2 Å². The molecule has 1 aliphatic rings. The van der Waals surface area contributed by atoms with Crippen molar-refractivity contribution in [1.82, 2.24) is 19.2 Å². The molecular formula is C17H25N5S. The number of pyridine rings is 1. The number of rotatable bonds is 3. The number of aromatic nitrogens is 3. The first kappa shape index (κ1) is 16.3. The van der Waals surface area contributed by atoms with Gasteiger partial charge in [0.2, 0.25) is 5.13 Å². The molecule has 2 aromatic rings. The highest BCUT2D eigenvalue weighted by atomic mass is 32.1.